The number of non-ortho nitro benzene ring substituents is 1. The molecular weight excluding hydrogens is 368 g/mol. The maximum absolute atomic E-state index is 12.6. The van der Waals surface area contributed by atoms with Crippen molar-refractivity contribution in [3.8, 4) is 0 Å². The number of anilines is 2. The molecule has 0 spiro atoms. The number of nitrogens with zero attached hydrogens (tertiary/aromatic N) is 3. The van der Waals surface area contributed by atoms with Crippen molar-refractivity contribution < 1.29 is 9.72 Å². The van der Waals surface area contributed by atoms with Gasteiger partial charge in [0, 0.05) is 49.7 Å². The van der Waals surface area contributed by atoms with Gasteiger partial charge in [-0.2, -0.15) is 0 Å². The average molecular weight is 396 g/mol. The van der Waals surface area contributed by atoms with Crippen LogP contribution in [0.2, 0.25) is 0 Å². The van der Waals surface area contributed by atoms with Crippen LogP contribution in [-0.2, 0) is 4.79 Å². The Bertz CT molecular complexity index is 845. The SMILES string of the molecule is CC[C@@H](C)c1ccccc1NC(=O)CN1CCN(c2ccc([N+](=O)[O-])cc2)CC1. The number of hydrogen-bond acceptors (Lipinski definition) is 5. The summed E-state index contributed by atoms with van der Waals surface area (Å²) in [6, 6.07) is 14.6. The third-order valence-electron chi connectivity index (χ3n) is 5.54. The van der Waals surface area contributed by atoms with Crippen molar-refractivity contribution in [3.05, 3.63) is 64.2 Å². The molecule has 0 bridgehead atoms. The second kappa shape index (κ2) is 9.52. The fourth-order valence-corrected chi connectivity index (χ4v) is 3.60. The van der Waals surface area contributed by atoms with E-state index >= 15 is 0 Å². The highest BCUT2D eigenvalue weighted by atomic mass is 16.6. The summed E-state index contributed by atoms with van der Waals surface area (Å²) in [4.78, 5) is 27.3. The van der Waals surface area contributed by atoms with E-state index in [1.54, 1.807) is 12.1 Å². The van der Waals surface area contributed by atoms with Crippen LogP contribution in [0.4, 0.5) is 17.1 Å². The zero-order valence-corrected chi connectivity index (χ0v) is 17.0. The highest BCUT2D eigenvalue weighted by Gasteiger charge is 2.20. The maximum atomic E-state index is 12.6. The van der Waals surface area contributed by atoms with Gasteiger partial charge in [-0.25, -0.2) is 0 Å². The number of carbonyl (C=O) groups excluding carboxylic acids is 1. The van der Waals surface area contributed by atoms with Gasteiger partial charge in [0.05, 0.1) is 11.5 Å². The molecule has 1 amide bonds. The fraction of sp³-hybridized carbons (Fsp3) is 0.409. The van der Waals surface area contributed by atoms with Crippen LogP contribution in [0.1, 0.15) is 31.7 Å². The molecule has 0 unspecified atom stereocenters. The Morgan fingerprint density at radius 2 is 1.76 bits per heavy atom. The summed E-state index contributed by atoms with van der Waals surface area (Å²) in [7, 11) is 0. The molecule has 1 atom stereocenters. The Morgan fingerprint density at radius 1 is 1.10 bits per heavy atom. The molecule has 0 saturated carbocycles. The molecule has 1 N–H and O–H groups in total. The fourth-order valence-electron chi connectivity index (χ4n) is 3.60. The van der Waals surface area contributed by atoms with Crippen LogP contribution in [0.5, 0.6) is 0 Å². The number of carbonyl (C=O) groups is 1. The van der Waals surface area contributed by atoms with Crippen molar-refractivity contribution in [2.45, 2.75) is 26.2 Å². The van der Waals surface area contributed by atoms with Gasteiger partial charge in [0.1, 0.15) is 0 Å². The minimum absolute atomic E-state index is 0.00420. The van der Waals surface area contributed by atoms with E-state index in [0.29, 0.717) is 12.5 Å². The Balaban J connectivity index is 1.52. The van der Waals surface area contributed by atoms with Crippen LogP contribution >= 0.6 is 0 Å². The first-order valence-corrected chi connectivity index (χ1v) is 10.1. The number of nitro benzene ring substituents is 1. The third-order valence-corrected chi connectivity index (χ3v) is 5.54. The average Bonchev–Trinajstić information content (AvgIpc) is 2.74. The monoisotopic (exact) mass is 396 g/mol. The van der Waals surface area contributed by atoms with Crippen molar-refractivity contribution >= 4 is 23.0 Å². The molecule has 29 heavy (non-hydrogen) atoms. The molecular formula is C22H28N4O3. The van der Waals surface area contributed by atoms with E-state index in [4.69, 9.17) is 0 Å². The van der Waals surface area contributed by atoms with Gasteiger partial charge < -0.3 is 10.2 Å². The maximum Gasteiger partial charge on any atom is 0.269 e. The van der Waals surface area contributed by atoms with E-state index in [1.165, 1.54) is 17.7 Å². The van der Waals surface area contributed by atoms with Gasteiger partial charge in [-0.05, 0) is 36.1 Å². The summed E-state index contributed by atoms with van der Waals surface area (Å²) < 4.78 is 0. The van der Waals surface area contributed by atoms with Crippen molar-refractivity contribution in [2.75, 3.05) is 42.9 Å². The van der Waals surface area contributed by atoms with Crippen molar-refractivity contribution in [3.63, 3.8) is 0 Å². The molecule has 154 valence electrons. The lowest BCUT2D eigenvalue weighted by Crippen LogP contribution is -2.48. The van der Waals surface area contributed by atoms with Crippen molar-refractivity contribution in [1.29, 1.82) is 0 Å². The first-order chi connectivity index (χ1) is 14.0. The molecule has 3 rings (SSSR count). The summed E-state index contributed by atoms with van der Waals surface area (Å²) in [5.41, 5.74) is 3.15. The lowest BCUT2D eigenvalue weighted by molar-refractivity contribution is -0.384. The molecule has 0 radical (unpaired) electrons. The molecule has 1 fully saturated rings. The zero-order chi connectivity index (χ0) is 20.8. The number of nitrogens with one attached hydrogen (secondary N) is 1. The summed E-state index contributed by atoms with van der Waals surface area (Å²) in [6.45, 7) is 7.80. The predicted molar refractivity (Wildman–Crippen MR) is 116 cm³/mol. The van der Waals surface area contributed by atoms with E-state index in [2.05, 4.69) is 35.0 Å². The number of hydrogen-bond donors (Lipinski definition) is 1. The first kappa shape index (κ1) is 20.8. The van der Waals surface area contributed by atoms with Gasteiger partial charge >= 0.3 is 0 Å². The first-order valence-electron chi connectivity index (χ1n) is 10.1. The number of para-hydroxylation sites is 1. The Labute approximate surface area is 171 Å². The van der Waals surface area contributed by atoms with Gasteiger partial charge in [0.2, 0.25) is 5.91 Å². The largest absolute Gasteiger partial charge is 0.369 e. The van der Waals surface area contributed by atoms with Gasteiger partial charge in [-0.3, -0.25) is 19.8 Å². The summed E-state index contributed by atoms with van der Waals surface area (Å²) >= 11 is 0. The summed E-state index contributed by atoms with van der Waals surface area (Å²) in [6.07, 6.45) is 1.03. The van der Waals surface area contributed by atoms with Gasteiger partial charge in [0.25, 0.3) is 5.69 Å². The third kappa shape index (κ3) is 5.32. The number of nitro groups is 1. The van der Waals surface area contributed by atoms with Crippen molar-refractivity contribution in [2.24, 2.45) is 0 Å². The molecule has 0 aliphatic carbocycles. The minimum Gasteiger partial charge on any atom is -0.369 e. The van der Waals surface area contributed by atoms with Crippen LogP contribution in [0.3, 0.4) is 0 Å². The highest BCUT2D eigenvalue weighted by Crippen LogP contribution is 2.26. The van der Waals surface area contributed by atoms with Crippen LogP contribution in [0, 0.1) is 10.1 Å². The number of rotatable bonds is 7. The standard InChI is InChI=1S/C22H28N4O3/c1-3-17(2)20-6-4-5-7-21(20)23-22(27)16-24-12-14-25(15-13-24)18-8-10-19(11-9-18)26(28)29/h4-11,17H,3,12-16H2,1-2H3,(H,23,27)/t17-/m1/s1. The number of amides is 1. The van der Waals surface area contributed by atoms with Crippen LogP contribution in [0.15, 0.2) is 48.5 Å². The Hall–Kier alpha value is -2.93. The second-order valence-electron chi connectivity index (χ2n) is 7.48. The molecule has 1 heterocycles. The van der Waals surface area contributed by atoms with E-state index < -0.39 is 0 Å². The zero-order valence-electron chi connectivity index (χ0n) is 17.0. The summed E-state index contributed by atoms with van der Waals surface area (Å²) in [5.74, 6) is 0.404. The van der Waals surface area contributed by atoms with E-state index in [-0.39, 0.29) is 16.5 Å². The predicted octanol–water partition coefficient (Wildman–Crippen LogP) is 3.87. The normalized spacial score (nSPS) is 15.7. The van der Waals surface area contributed by atoms with Crippen LogP contribution < -0.4 is 10.2 Å². The van der Waals surface area contributed by atoms with Gasteiger partial charge in [0.15, 0.2) is 0 Å². The molecule has 1 aliphatic rings. The molecule has 1 aliphatic heterocycles. The van der Waals surface area contributed by atoms with Gasteiger partial charge in [-0.1, -0.05) is 32.0 Å². The Morgan fingerprint density at radius 3 is 2.38 bits per heavy atom. The Kier molecular flexibility index (Phi) is 6.82. The number of benzene rings is 2. The summed E-state index contributed by atoms with van der Waals surface area (Å²) in [5, 5.41) is 13.9. The molecule has 7 nitrogen and oxygen atoms in total. The van der Waals surface area contributed by atoms with E-state index in [9.17, 15) is 14.9 Å². The molecule has 0 aromatic heterocycles. The molecule has 2 aromatic carbocycles. The second-order valence-corrected chi connectivity index (χ2v) is 7.48. The van der Waals surface area contributed by atoms with Crippen molar-refractivity contribution in [1.82, 2.24) is 4.90 Å². The molecule has 2 aromatic rings. The topological polar surface area (TPSA) is 78.7 Å². The minimum atomic E-state index is -0.389. The lowest BCUT2D eigenvalue weighted by Gasteiger charge is -2.35. The van der Waals surface area contributed by atoms with Crippen LogP contribution in [-0.4, -0.2) is 48.5 Å². The van der Waals surface area contributed by atoms with E-state index in [0.717, 1.165) is 44.0 Å². The molecule has 7 heteroatoms. The lowest BCUT2D eigenvalue weighted by atomic mass is 9.97. The van der Waals surface area contributed by atoms with Gasteiger partial charge in [-0.15, -0.1) is 0 Å². The smallest absolute Gasteiger partial charge is 0.269 e. The highest BCUT2D eigenvalue weighted by molar-refractivity contribution is 5.93. The van der Waals surface area contributed by atoms with E-state index in [1.807, 2.05) is 18.2 Å². The number of piperazine rings is 1. The molecule has 1 saturated heterocycles. The van der Waals surface area contributed by atoms with Crippen LogP contribution in [0.25, 0.3) is 0 Å². The quantitative estimate of drug-likeness (QED) is 0.568.